The Kier molecular flexibility index (Phi) is 4.66. The fourth-order valence-corrected chi connectivity index (χ4v) is 4.10. The SMILES string of the molecule is CCN(C(=O)c1nc2c(s1)CCCN2c1ccccc1)C(C)C. The summed E-state index contributed by atoms with van der Waals surface area (Å²) in [5, 5.41) is 0.619. The van der Waals surface area contributed by atoms with Gasteiger partial charge in [0, 0.05) is 29.7 Å². The summed E-state index contributed by atoms with van der Waals surface area (Å²) in [6.45, 7) is 7.78. The Morgan fingerprint density at radius 3 is 2.74 bits per heavy atom. The molecule has 0 bridgehead atoms. The minimum Gasteiger partial charge on any atom is -0.334 e. The molecule has 1 amide bonds. The van der Waals surface area contributed by atoms with Gasteiger partial charge in [0.05, 0.1) is 0 Å². The number of thiazole rings is 1. The highest BCUT2D eigenvalue weighted by Crippen LogP contribution is 2.36. The van der Waals surface area contributed by atoms with Gasteiger partial charge in [-0.1, -0.05) is 18.2 Å². The van der Waals surface area contributed by atoms with Crippen LogP contribution in [0.1, 0.15) is 41.9 Å². The fraction of sp³-hybridized carbons (Fsp3) is 0.444. The molecule has 0 fully saturated rings. The highest BCUT2D eigenvalue weighted by Gasteiger charge is 2.27. The van der Waals surface area contributed by atoms with Crippen LogP contribution in [0.5, 0.6) is 0 Å². The number of carbonyl (C=O) groups is 1. The Hall–Kier alpha value is -1.88. The van der Waals surface area contributed by atoms with E-state index in [9.17, 15) is 4.79 Å². The van der Waals surface area contributed by atoms with Crippen molar-refractivity contribution in [2.75, 3.05) is 18.0 Å². The van der Waals surface area contributed by atoms with Crippen LogP contribution in [-0.4, -0.2) is 34.9 Å². The number of benzene rings is 1. The lowest BCUT2D eigenvalue weighted by atomic mass is 10.1. The molecule has 23 heavy (non-hydrogen) atoms. The molecular formula is C18H23N3OS. The molecule has 4 nitrogen and oxygen atoms in total. The maximum absolute atomic E-state index is 12.7. The van der Waals surface area contributed by atoms with Gasteiger partial charge in [-0.2, -0.15) is 0 Å². The first-order valence-corrected chi connectivity index (χ1v) is 9.06. The first-order valence-electron chi connectivity index (χ1n) is 8.25. The molecule has 0 spiro atoms. The zero-order chi connectivity index (χ0) is 16.4. The van der Waals surface area contributed by atoms with Crippen LogP contribution in [0.25, 0.3) is 0 Å². The summed E-state index contributed by atoms with van der Waals surface area (Å²) in [5.41, 5.74) is 1.15. The molecule has 1 aromatic carbocycles. The molecule has 0 aliphatic carbocycles. The number of hydrogen-bond acceptors (Lipinski definition) is 4. The standard InChI is InChI=1S/C18H23N3OS/c1-4-20(13(2)3)18(22)17-19-16-15(23-17)11-8-12-21(16)14-9-6-5-7-10-14/h5-7,9-10,13H,4,8,11-12H2,1-3H3. The minimum absolute atomic E-state index is 0.0508. The number of nitrogens with zero attached hydrogens (tertiary/aromatic N) is 3. The predicted molar refractivity (Wildman–Crippen MR) is 95.7 cm³/mol. The van der Waals surface area contributed by atoms with Gasteiger partial charge in [-0.3, -0.25) is 4.79 Å². The van der Waals surface area contributed by atoms with Gasteiger partial charge >= 0.3 is 0 Å². The van der Waals surface area contributed by atoms with Gasteiger partial charge < -0.3 is 9.80 Å². The van der Waals surface area contributed by atoms with Crippen molar-refractivity contribution in [2.24, 2.45) is 0 Å². The van der Waals surface area contributed by atoms with E-state index in [-0.39, 0.29) is 11.9 Å². The molecule has 5 heteroatoms. The quantitative estimate of drug-likeness (QED) is 0.847. The van der Waals surface area contributed by atoms with E-state index >= 15 is 0 Å². The number of amides is 1. The van der Waals surface area contributed by atoms with Gasteiger partial charge in [0.15, 0.2) is 5.01 Å². The molecule has 0 unspecified atom stereocenters. The third-order valence-electron chi connectivity index (χ3n) is 4.19. The zero-order valence-electron chi connectivity index (χ0n) is 14.0. The van der Waals surface area contributed by atoms with Crippen molar-refractivity contribution in [3.05, 3.63) is 40.2 Å². The topological polar surface area (TPSA) is 36.4 Å². The molecule has 1 aliphatic heterocycles. The third kappa shape index (κ3) is 3.11. The van der Waals surface area contributed by atoms with E-state index in [0.717, 1.165) is 30.9 Å². The van der Waals surface area contributed by atoms with Crippen molar-refractivity contribution in [1.82, 2.24) is 9.88 Å². The minimum atomic E-state index is 0.0508. The van der Waals surface area contributed by atoms with Crippen molar-refractivity contribution in [3.63, 3.8) is 0 Å². The van der Waals surface area contributed by atoms with E-state index in [1.807, 2.05) is 43.9 Å². The third-order valence-corrected chi connectivity index (χ3v) is 5.29. The average molecular weight is 329 g/mol. The number of para-hydroxylation sites is 1. The summed E-state index contributed by atoms with van der Waals surface area (Å²) in [6, 6.07) is 10.5. The van der Waals surface area contributed by atoms with Gasteiger partial charge in [-0.05, 0) is 45.7 Å². The molecule has 0 saturated carbocycles. The highest BCUT2D eigenvalue weighted by atomic mass is 32.1. The van der Waals surface area contributed by atoms with Crippen LogP contribution >= 0.6 is 11.3 Å². The average Bonchev–Trinajstić information content (AvgIpc) is 3.00. The zero-order valence-corrected chi connectivity index (χ0v) is 14.8. The molecule has 2 aromatic rings. The molecule has 0 saturated heterocycles. The summed E-state index contributed by atoms with van der Waals surface area (Å²) >= 11 is 1.56. The largest absolute Gasteiger partial charge is 0.334 e. The molecule has 1 aliphatic rings. The molecule has 0 atom stereocenters. The summed E-state index contributed by atoms with van der Waals surface area (Å²) < 4.78 is 0. The maximum Gasteiger partial charge on any atom is 0.283 e. The fourth-order valence-electron chi connectivity index (χ4n) is 3.04. The van der Waals surface area contributed by atoms with Crippen LogP contribution in [0.2, 0.25) is 0 Å². The lowest BCUT2D eigenvalue weighted by Gasteiger charge is -2.27. The Labute approximate surface area is 141 Å². The second kappa shape index (κ2) is 6.71. The van der Waals surface area contributed by atoms with E-state index in [1.54, 1.807) is 11.3 Å². The van der Waals surface area contributed by atoms with E-state index < -0.39 is 0 Å². The Bertz CT molecular complexity index is 681. The first kappa shape index (κ1) is 16.0. The van der Waals surface area contributed by atoms with Crippen LogP contribution in [0, 0.1) is 0 Å². The molecular weight excluding hydrogens is 306 g/mol. The van der Waals surface area contributed by atoms with Gasteiger partial charge in [0.25, 0.3) is 5.91 Å². The molecule has 122 valence electrons. The van der Waals surface area contributed by atoms with Crippen LogP contribution in [0.15, 0.2) is 30.3 Å². The van der Waals surface area contributed by atoms with Crippen molar-refractivity contribution < 1.29 is 4.79 Å². The Balaban J connectivity index is 1.93. The molecule has 0 radical (unpaired) electrons. The van der Waals surface area contributed by atoms with Gasteiger partial charge in [0.2, 0.25) is 0 Å². The van der Waals surface area contributed by atoms with Crippen molar-refractivity contribution >= 4 is 28.7 Å². The smallest absolute Gasteiger partial charge is 0.283 e. The molecule has 1 aromatic heterocycles. The number of aryl methyl sites for hydroxylation is 1. The van der Waals surface area contributed by atoms with E-state index in [2.05, 4.69) is 17.0 Å². The van der Waals surface area contributed by atoms with E-state index in [1.165, 1.54) is 4.88 Å². The Morgan fingerprint density at radius 2 is 2.09 bits per heavy atom. The molecule has 2 heterocycles. The molecule has 3 rings (SSSR count). The maximum atomic E-state index is 12.7. The highest BCUT2D eigenvalue weighted by molar-refractivity contribution is 7.14. The molecule has 0 N–H and O–H groups in total. The number of fused-ring (bicyclic) bond motifs is 1. The summed E-state index contributed by atoms with van der Waals surface area (Å²) in [7, 11) is 0. The van der Waals surface area contributed by atoms with Crippen LogP contribution in [-0.2, 0) is 6.42 Å². The number of aromatic nitrogens is 1. The van der Waals surface area contributed by atoms with E-state index in [0.29, 0.717) is 11.6 Å². The van der Waals surface area contributed by atoms with Crippen molar-refractivity contribution in [2.45, 2.75) is 39.7 Å². The Morgan fingerprint density at radius 1 is 1.35 bits per heavy atom. The first-order chi connectivity index (χ1) is 11.1. The number of hydrogen-bond donors (Lipinski definition) is 0. The van der Waals surface area contributed by atoms with Crippen LogP contribution in [0.3, 0.4) is 0 Å². The number of carbonyl (C=O) groups excluding carboxylic acids is 1. The van der Waals surface area contributed by atoms with E-state index in [4.69, 9.17) is 4.98 Å². The summed E-state index contributed by atoms with van der Waals surface area (Å²) in [4.78, 5) is 22.8. The van der Waals surface area contributed by atoms with Crippen molar-refractivity contribution in [3.8, 4) is 0 Å². The second-order valence-corrected chi connectivity index (χ2v) is 7.13. The van der Waals surface area contributed by atoms with Crippen LogP contribution < -0.4 is 4.90 Å². The summed E-state index contributed by atoms with van der Waals surface area (Å²) in [5.74, 6) is 1.02. The normalized spacial score (nSPS) is 14.0. The summed E-state index contributed by atoms with van der Waals surface area (Å²) in [6.07, 6.45) is 2.11. The van der Waals surface area contributed by atoms with Crippen molar-refractivity contribution in [1.29, 1.82) is 0 Å². The monoisotopic (exact) mass is 329 g/mol. The lowest BCUT2D eigenvalue weighted by molar-refractivity contribution is 0.0716. The number of anilines is 2. The predicted octanol–water partition coefficient (Wildman–Crippen LogP) is 4.10. The van der Waals surface area contributed by atoms with Gasteiger partial charge in [-0.25, -0.2) is 4.98 Å². The lowest BCUT2D eigenvalue weighted by Crippen LogP contribution is -2.36. The second-order valence-electron chi connectivity index (χ2n) is 6.04. The number of rotatable bonds is 4. The van der Waals surface area contributed by atoms with Crippen LogP contribution in [0.4, 0.5) is 11.5 Å². The van der Waals surface area contributed by atoms with Gasteiger partial charge in [0.1, 0.15) is 5.82 Å². The van der Waals surface area contributed by atoms with Gasteiger partial charge in [-0.15, -0.1) is 11.3 Å².